The van der Waals surface area contributed by atoms with Crippen LogP contribution in [-0.4, -0.2) is 8.42 Å². The molecule has 0 aliphatic heterocycles. The van der Waals surface area contributed by atoms with Gasteiger partial charge in [0.1, 0.15) is 0 Å². The summed E-state index contributed by atoms with van der Waals surface area (Å²) in [6.07, 6.45) is 1.18. The van der Waals surface area contributed by atoms with E-state index in [0.717, 1.165) is 5.56 Å². The fourth-order valence-electron chi connectivity index (χ4n) is 0.967. The normalized spacial score (nSPS) is 10.3. The van der Waals surface area contributed by atoms with Crippen molar-refractivity contribution in [2.45, 2.75) is 5.75 Å². The predicted molar refractivity (Wildman–Crippen MR) is 55.9 cm³/mol. The van der Waals surface area contributed by atoms with E-state index in [1.165, 1.54) is 6.20 Å². The highest BCUT2D eigenvalue weighted by Crippen LogP contribution is 2.03. The van der Waals surface area contributed by atoms with Crippen molar-refractivity contribution >= 4 is 10.0 Å². The van der Waals surface area contributed by atoms with Gasteiger partial charge in [-0.3, -0.25) is 4.72 Å². The van der Waals surface area contributed by atoms with Gasteiger partial charge in [0.25, 0.3) is 0 Å². The maximum absolute atomic E-state index is 11.3. The van der Waals surface area contributed by atoms with Crippen molar-refractivity contribution in [3.8, 4) is 0 Å². The molecular weight excluding hydrogens is 198 g/mol. The lowest BCUT2D eigenvalue weighted by Gasteiger charge is -2.02. The molecule has 0 atom stereocenters. The summed E-state index contributed by atoms with van der Waals surface area (Å²) in [5.41, 5.74) is 3.09. The Labute approximate surface area is 83.8 Å². The molecule has 1 rings (SSSR count). The molecule has 0 saturated heterocycles. The molecule has 3 nitrogen and oxygen atoms in total. The Bertz CT molecular complexity index is 430. The SMILES string of the molecule is C=C=CNS(=O)(=O)Cc1ccccc1. The summed E-state index contributed by atoms with van der Waals surface area (Å²) in [5, 5.41) is 0. The summed E-state index contributed by atoms with van der Waals surface area (Å²) in [6.45, 7) is 3.26. The number of nitrogens with one attached hydrogen (secondary N) is 1. The summed E-state index contributed by atoms with van der Waals surface area (Å²) in [6, 6.07) is 8.96. The Morgan fingerprint density at radius 1 is 1.36 bits per heavy atom. The lowest BCUT2D eigenvalue weighted by molar-refractivity contribution is 0.590. The van der Waals surface area contributed by atoms with Crippen molar-refractivity contribution in [3.63, 3.8) is 0 Å². The van der Waals surface area contributed by atoms with Gasteiger partial charge in [-0.15, -0.1) is 5.73 Å². The molecule has 1 aromatic carbocycles. The van der Waals surface area contributed by atoms with Gasteiger partial charge in [-0.2, -0.15) is 0 Å². The molecule has 4 heteroatoms. The number of sulfonamides is 1. The third-order valence-corrected chi connectivity index (χ3v) is 2.73. The van der Waals surface area contributed by atoms with Crippen molar-refractivity contribution in [3.05, 3.63) is 54.4 Å². The van der Waals surface area contributed by atoms with Gasteiger partial charge in [0.2, 0.25) is 10.0 Å². The summed E-state index contributed by atoms with van der Waals surface area (Å²) < 4.78 is 24.9. The third-order valence-electron chi connectivity index (χ3n) is 1.54. The van der Waals surface area contributed by atoms with Crippen LogP contribution in [0.3, 0.4) is 0 Å². The van der Waals surface area contributed by atoms with Crippen LogP contribution in [0.1, 0.15) is 5.56 Å². The molecule has 14 heavy (non-hydrogen) atoms. The van der Waals surface area contributed by atoms with Gasteiger partial charge in [-0.05, 0) is 5.56 Å². The molecule has 0 aliphatic carbocycles. The maximum atomic E-state index is 11.3. The average molecular weight is 209 g/mol. The Morgan fingerprint density at radius 3 is 2.57 bits per heavy atom. The first-order chi connectivity index (χ1) is 6.64. The van der Waals surface area contributed by atoms with Gasteiger partial charge in [0, 0.05) is 0 Å². The van der Waals surface area contributed by atoms with E-state index < -0.39 is 10.0 Å². The predicted octanol–water partition coefficient (Wildman–Crippen LogP) is 1.40. The van der Waals surface area contributed by atoms with E-state index >= 15 is 0 Å². The van der Waals surface area contributed by atoms with Crippen LogP contribution >= 0.6 is 0 Å². The van der Waals surface area contributed by atoms with Crippen molar-refractivity contribution in [2.75, 3.05) is 0 Å². The first-order valence-electron chi connectivity index (χ1n) is 4.02. The van der Waals surface area contributed by atoms with Crippen LogP contribution in [0.4, 0.5) is 0 Å². The molecule has 0 unspecified atom stereocenters. The van der Waals surface area contributed by atoms with E-state index in [-0.39, 0.29) is 5.75 Å². The van der Waals surface area contributed by atoms with Crippen molar-refractivity contribution in [1.29, 1.82) is 0 Å². The van der Waals surface area contributed by atoms with Crippen molar-refractivity contribution in [2.24, 2.45) is 0 Å². The quantitative estimate of drug-likeness (QED) is 0.762. The molecule has 0 fully saturated rings. The summed E-state index contributed by atoms with van der Waals surface area (Å²) in [5.74, 6) is -0.0357. The summed E-state index contributed by atoms with van der Waals surface area (Å²) in [7, 11) is -3.30. The largest absolute Gasteiger partial charge is 0.283 e. The lowest BCUT2D eigenvalue weighted by Crippen LogP contribution is -2.19. The molecule has 74 valence electrons. The molecule has 1 aromatic rings. The molecule has 0 aliphatic rings. The van der Waals surface area contributed by atoms with Gasteiger partial charge in [-0.25, -0.2) is 8.42 Å². The van der Waals surface area contributed by atoms with Gasteiger partial charge < -0.3 is 0 Å². The van der Waals surface area contributed by atoms with E-state index in [1.54, 1.807) is 24.3 Å². The first kappa shape index (κ1) is 10.6. The standard InChI is InChI=1S/C10H11NO2S/c1-2-8-11-14(12,13)9-10-6-4-3-5-7-10/h3-8,11H,1,9H2. The lowest BCUT2D eigenvalue weighted by atomic mass is 10.2. The maximum Gasteiger partial charge on any atom is 0.236 e. The van der Waals surface area contributed by atoms with Crippen LogP contribution in [0.15, 0.2) is 48.8 Å². The van der Waals surface area contributed by atoms with Gasteiger partial charge in [0.05, 0.1) is 12.0 Å². The van der Waals surface area contributed by atoms with E-state index in [2.05, 4.69) is 17.0 Å². The second-order valence-corrected chi connectivity index (χ2v) is 4.46. The number of hydrogen-bond acceptors (Lipinski definition) is 2. The zero-order valence-corrected chi connectivity index (χ0v) is 8.42. The molecule has 0 spiro atoms. The van der Waals surface area contributed by atoms with Gasteiger partial charge in [-0.1, -0.05) is 36.9 Å². The molecule has 0 heterocycles. The molecular formula is C10H11NO2S. The van der Waals surface area contributed by atoms with Crippen molar-refractivity contribution in [1.82, 2.24) is 4.72 Å². The Hall–Kier alpha value is -1.51. The highest BCUT2D eigenvalue weighted by molar-refractivity contribution is 7.88. The van der Waals surface area contributed by atoms with Crippen molar-refractivity contribution < 1.29 is 8.42 Å². The minimum absolute atomic E-state index is 0.0357. The summed E-state index contributed by atoms with van der Waals surface area (Å²) >= 11 is 0. The number of benzene rings is 1. The smallest absolute Gasteiger partial charge is 0.236 e. The molecule has 0 bridgehead atoms. The fraction of sp³-hybridized carbons (Fsp3) is 0.100. The fourth-order valence-corrected chi connectivity index (χ4v) is 1.94. The van der Waals surface area contributed by atoms with Crippen LogP contribution in [0.25, 0.3) is 0 Å². The van der Waals surface area contributed by atoms with Gasteiger partial charge >= 0.3 is 0 Å². The topological polar surface area (TPSA) is 46.2 Å². The van der Waals surface area contributed by atoms with E-state index in [0.29, 0.717) is 0 Å². The molecule has 0 aromatic heterocycles. The zero-order chi connectivity index (χ0) is 10.4. The van der Waals surface area contributed by atoms with E-state index in [1.807, 2.05) is 6.07 Å². The molecule has 0 saturated carbocycles. The van der Waals surface area contributed by atoms with Crippen LogP contribution in [0.2, 0.25) is 0 Å². The zero-order valence-electron chi connectivity index (χ0n) is 7.60. The summed E-state index contributed by atoms with van der Waals surface area (Å²) in [4.78, 5) is 0. The number of rotatable bonds is 4. The highest BCUT2D eigenvalue weighted by atomic mass is 32.2. The van der Waals surface area contributed by atoms with Crippen LogP contribution in [0.5, 0.6) is 0 Å². The Balaban J connectivity index is 2.74. The Kier molecular flexibility index (Phi) is 3.51. The number of hydrogen-bond donors (Lipinski definition) is 1. The highest BCUT2D eigenvalue weighted by Gasteiger charge is 2.07. The molecule has 0 amide bonds. The van der Waals surface area contributed by atoms with Gasteiger partial charge in [0.15, 0.2) is 0 Å². The van der Waals surface area contributed by atoms with Crippen LogP contribution in [0, 0.1) is 0 Å². The third kappa shape index (κ3) is 3.47. The van der Waals surface area contributed by atoms with E-state index in [4.69, 9.17) is 0 Å². The monoisotopic (exact) mass is 209 g/mol. The van der Waals surface area contributed by atoms with Crippen LogP contribution < -0.4 is 4.72 Å². The van der Waals surface area contributed by atoms with Crippen LogP contribution in [-0.2, 0) is 15.8 Å². The average Bonchev–Trinajstić information content (AvgIpc) is 2.16. The second kappa shape index (κ2) is 4.65. The first-order valence-corrected chi connectivity index (χ1v) is 5.67. The minimum atomic E-state index is -3.30. The second-order valence-electron chi connectivity index (χ2n) is 2.71. The Morgan fingerprint density at radius 2 is 2.00 bits per heavy atom. The van der Waals surface area contributed by atoms with E-state index in [9.17, 15) is 8.42 Å². The molecule has 0 radical (unpaired) electrons. The minimum Gasteiger partial charge on any atom is -0.283 e. The molecule has 1 N–H and O–H groups in total.